The van der Waals surface area contributed by atoms with Gasteiger partial charge in [0.1, 0.15) is 11.6 Å². The Kier molecular flexibility index (Phi) is 7.09. The van der Waals surface area contributed by atoms with Crippen LogP contribution in [0.2, 0.25) is 0 Å². The molecular formula is C14H18F2N2O2. The van der Waals surface area contributed by atoms with Crippen molar-refractivity contribution in [3.05, 3.63) is 34.9 Å². The Morgan fingerprint density at radius 1 is 1.20 bits per heavy atom. The van der Waals surface area contributed by atoms with Gasteiger partial charge in [-0.1, -0.05) is 0 Å². The molecule has 0 radical (unpaired) electrons. The molecule has 1 aromatic carbocycles. The highest BCUT2D eigenvalue weighted by atomic mass is 19.1. The number of hydrogen-bond acceptors (Lipinski definition) is 4. The van der Waals surface area contributed by atoms with E-state index < -0.39 is 17.9 Å². The third kappa shape index (κ3) is 4.85. The molecule has 0 saturated heterocycles. The molecule has 0 aromatic heterocycles. The second-order valence-electron chi connectivity index (χ2n) is 4.00. The Labute approximate surface area is 117 Å². The molecule has 1 aromatic rings. The van der Waals surface area contributed by atoms with Crippen LogP contribution in [-0.4, -0.2) is 26.0 Å². The monoisotopic (exact) mass is 284 g/mol. The summed E-state index contributed by atoms with van der Waals surface area (Å²) in [5, 5.41) is 11.5. The summed E-state index contributed by atoms with van der Waals surface area (Å²) in [5.74, 6) is -1.48. The number of ether oxygens (including phenoxy) is 2. The fourth-order valence-corrected chi connectivity index (χ4v) is 1.69. The van der Waals surface area contributed by atoms with Crippen LogP contribution in [-0.2, 0) is 16.0 Å². The molecule has 0 saturated carbocycles. The Balaban J connectivity index is 2.59. The summed E-state index contributed by atoms with van der Waals surface area (Å²) in [6.45, 7) is 4.98. The number of nitriles is 1. The highest BCUT2D eigenvalue weighted by molar-refractivity contribution is 5.34. The summed E-state index contributed by atoms with van der Waals surface area (Å²) in [4.78, 5) is 0. The van der Waals surface area contributed by atoms with E-state index in [1.54, 1.807) is 6.07 Å². The first-order valence-electron chi connectivity index (χ1n) is 6.44. The first kappa shape index (κ1) is 16.5. The van der Waals surface area contributed by atoms with E-state index in [4.69, 9.17) is 14.7 Å². The van der Waals surface area contributed by atoms with Crippen LogP contribution in [0.25, 0.3) is 0 Å². The smallest absolute Gasteiger partial charge is 0.169 e. The lowest BCUT2D eigenvalue weighted by Gasteiger charge is -2.17. The summed E-state index contributed by atoms with van der Waals surface area (Å²) in [6, 6.07) is 3.74. The number of nitrogens with one attached hydrogen (secondary N) is 1. The number of benzene rings is 1. The van der Waals surface area contributed by atoms with Gasteiger partial charge in [-0.15, -0.1) is 0 Å². The fourth-order valence-electron chi connectivity index (χ4n) is 1.69. The van der Waals surface area contributed by atoms with Crippen molar-refractivity contribution in [3.63, 3.8) is 0 Å². The Morgan fingerprint density at radius 2 is 1.75 bits per heavy atom. The predicted molar refractivity (Wildman–Crippen MR) is 69.8 cm³/mol. The van der Waals surface area contributed by atoms with Crippen LogP contribution in [0.4, 0.5) is 8.78 Å². The third-order valence-corrected chi connectivity index (χ3v) is 2.59. The van der Waals surface area contributed by atoms with Crippen LogP contribution in [0, 0.1) is 23.0 Å². The zero-order valence-electron chi connectivity index (χ0n) is 11.6. The van der Waals surface area contributed by atoms with Crippen LogP contribution < -0.4 is 5.32 Å². The lowest BCUT2D eigenvalue weighted by Crippen LogP contribution is -2.31. The van der Waals surface area contributed by atoms with Crippen molar-refractivity contribution in [1.29, 1.82) is 5.26 Å². The van der Waals surface area contributed by atoms with E-state index in [1.807, 2.05) is 13.8 Å². The van der Waals surface area contributed by atoms with Gasteiger partial charge in [0.25, 0.3) is 0 Å². The van der Waals surface area contributed by atoms with E-state index in [9.17, 15) is 8.78 Å². The van der Waals surface area contributed by atoms with Crippen LogP contribution >= 0.6 is 0 Å². The van der Waals surface area contributed by atoms with E-state index in [0.29, 0.717) is 19.8 Å². The molecule has 4 nitrogen and oxygen atoms in total. The average molecular weight is 284 g/mol. The van der Waals surface area contributed by atoms with Crippen molar-refractivity contribution in [3.8, 4) is 6.07 Å². The molecule has 0 spiro atoms. The SMILES string of the molecule is CCOC(CNCc1c(F)cc(C#N)cc1F)OCC. The van der Waals surface area contributed by atoms with Gasteiger partial charge in [-0.3, -0.25) is 0 Å². The Bertz CT molecular complexity index is 446. The zero-order valence-corrected chi connectivity index (χ0v) is 11.6. The third-order valence-electron chi connectivity index (χ3n) is 2.59. The Morgan fingerprint density at radius 3 is 2.20 bits per heavy atom. The van der Waals surface area contributed by atoms with E-state index in [1.165, 1.54) is 0 Å². The molecule has 0 aliphatic rings. The molecule has 20 heavy (non-hydrogen) atoms. The number of hydrogen-bond donors (Lipinski definition) is 1. The molecule has 0 aliphatic heterocycles. The summed E-state index contributed by atoms with van der Waals surface area (Å²) in [6.07, 6.45) is -0.450. The molecule has 6 heteroatoms. The normalized spacial score (nSPS) is 10.8. The predicted octanol–water partition coefficient (Wildman–Crippen LogP) is 2.33. The van der Waals surface area contributed by atoms with E-state index in [2.05, 4.69) is 5.32 Å². The van der Waals surface area contributed by atoms with E-state index in [-0.39, 0.29) is 17.7 Å². The topological polar surface area (TPSA) is 54.3 Å². The minimum atomic E-state index is -0.738. The maximum Gasteiger partial charge on any atom is 0.169 e. The van der Waals surface area contributed by atoms with Gasteiger partial charge < -0.3 is 14.8 Å². The van der Waals surface area contributed by atoms with Crippen LogP contribution in [0.15, 0.2) is 12.1 Å². The highest BCUT2D eigenvalue weighted by Gasteiger charge is 2.12. The van der Waals surface area contributed by atoms with Crippen molar-refractivity contribution in [1.82, 2.24) is 5.32 Å². The molecule has 0 heterocycles. The first-order chi connectivity index (χ1) is 9.62. The van der Waals surface area contributed by atoms with Gasteiger partial charge in [0, 0.05) is 31.9 Å². The van der Waals surface area contributed by atoms with E-state index >= 15 is 0 Å². The molecule has 0 unspecified atom stereocenters. The fraction of sp³-hybridized carbons (Fsp3) is 0.500. The van der Waals surface area contributed by atoms with Crippen molar-refractivity contribution >= 4 is 0 Å². The standard InChI is InChI=1S/C14H18F2N2O2/c1-3-19-14(20-4-2)9-18-8-11-12(15)5-10(7-17)6-13(11)16/h5-6,14,18H,3-4,8-9H2,1-2H3. The van der Waals surface area contributed by atoms with Crippen LogP contribution in [0.5, 0.6) is 0 Å². The lowest BCUT2D eigenvalue weighted by atomic mass is 10.1. The molecule has 0 fully saturated rings. The number of rotatable bonds is 8. The summed E-state index contributed by atoms with van der Waals surface area (Å²) < 4.78 is 37.9. The van der Waals surface area contributed by atoms with Crippen LogP contribution in [0.3, 0.4) is 0 Å². The molecule has 0 aliphatic carbocycles. The molecule has 1 N–H and O–H groups in total. The summed E-state index contributed by atoms with van der Waals surface area (Å²) in [5.41, 5.74) is -0.138. The lowest BCUT2D eigenvalue weighted by molar-refractivity contribution is -0.133. The minimum Gasteiger partial charge on any atom is -0.352 e. The second kappa shape index (κ2) is 8.59. The van der Waals surface area contributed by atoms with Crippen molar-refractivity contribution in [2.75, 3.05) is 19.8 Å². The van der Waals surface area contributed by atoms with Gasteiger partial charge in [0.2, 0.25) is 0 Å². The minimum absolute atomic E-state index is 0.0000236. The maximum atomic E-state index is 13.6. The summed E-state index contributed by atoms with van der Waals surface area (Å²) >= 11 is 0. The van der Waals surface area contributed by atoms with Gasteiger partial charge >= 0.3 is 0 Å². The zero-order chi connectivity index (χ0) is 15.0. The van der Waals surface area contributed by atoms with Gasteiger partial charge in [-0.2, -0.15) is 5.26 Å². The molecule has 0 atom stereocenters. The van der Waals surface area contributed by atoms with Crippen LogP contribution in [0.1, 0.15) is 25.0 Å². The van der Waals surface area contributed by atoms with Crippen molar-refractivity contribution < 1.29 is 18.3 Å². The maximum absolute atomic E-state index is 13.6. The van der Waals surface area contributed by atoms with Crippen molar-refractivity contribution in [2.45, 2.75) is 26.7 Å². The first-order valence-corrected chi connectivity index (χ1v) is 6.44. The van der Waals surface area contributed by atoms with Gasteiger partial charge in [0.05, 0.1) is 11.6 Å². The van der Waals surface area contributed by atoms with E-state index in [0.717, 1.165) is 12.1 Å². The highest BCUT2D eigenvalue weighted by Crippen LogP contribution is 2.14. The largest absolute Gasteiger partial charge is 0.352 e. The molecular weight excluding hydrogens is 266 g/mol. The molecule has 1 rings (SSSR count). The molecule has 0 bridgehead atoms. The number of halogens is 2. The molecule has 0 amide bonds. The molecule has 110 valence electrons. The second-order valence-corrected chi connectivity index (χ2v) is 4.00. The number of nitrogens with zero attached hydrogens (tertiary/aromatic N) is 1. The average Bonchev–Trinajstić information content (AvgIpc) is 2.42. The van der Waals surface area contributed by atoms with Gasteiger partial charge in [-0.05, 0) is 26.0 Å². The Hall–Kier alpha value is -1.55. The van der Waals surface area contributed by atoms with Gasteiger partial charge in [0.15, 0.2) is 6.29 Å². The quantitative estimate of drug-likeness (QED) is 0.744. The summed E-state index contributed by atoms with van der Waals surface area (Å²) in [7, 11) is 0. The van der Waals surface area contributed by atoms with Gasteiger partial charge in [-0.25, -0.2) is 8.78 Å². The van der Waals surface area contributed by atoms with Crippen molar-refractivity contribution in [2.24, 2.45) is 0 Å².